The van der Waals surface area contributed by atoms with E-state index >= 15 is 0 Å². The number of benzene rings is 2. The van der Waals surface area contributed by atoms with E-state index in [0.717, 1.165) is 0 Å². The maximum atomic E-state index is 14.9. The molecule has 0 spiro atoms. The summed E-state index contributed by atoms with van der Waals surface area (Å²) in [6, 6.07) is 16.3. The number of hydrogen-bond donors (Lipinski definition) is 1. The van der Waals surface area contributed by atoms with Crippen molar-refractivity contribution in [1.29, 1.82) is 21.2 Å². The van der Waals surface area contributed by atoms with Gasteiger partial charge in [0.15, 0.2) is 5.41 Å². The standard InChI is InChI=1S/C22H13BrClFN4O2/c1-12-21(11-28)19(29)31-22(12,13-3-2-4-15(24)7-13)30-18(20(21,9-26)10-27)16-8-14(23)5-6-17(16)25/h2-8,12,18,29H,1H3. The summed E-state index contributed by atoms with van der Waals surface area (Å²) < 4.78 is 27.5. The molecule has 1 N–H and O–H groups in total. The lowest BCUT2D eigenvalue weighted by Crippen LogP contribution is -2.57. The molecule has 9 heteroatoms. The van der Waals surface area contributed by atoms with Gasteiger partial charge in [-0.05, 0) is 30.3 Å². The van der Waals surface area contributed by atoms with Crippen molar-refractivity contribution in [2.45, 2.75) is 18.8 Å². The van der Waals surface area contributed by atoms with Crippen LogP contribution in [0.2, 0.25) is 5.02 Å². The van der Waals surface area contributed by atoms with Crippen molar-refractivity contribution in [3.05, 3.63) is 68.9 Å². The predicted molar refractivity (Wildman–Crippen MR) is 111 cm³/mol. The van der Waals surface area contributed by atoms with Crippen LogP contribution < -0.4 is 0 Å². The Kier molecular flexibility index (Phi) is 4.83. The second kappa shape index (κ2) is 7.04. The van der Waals surface area contributed by atoms with Gasteiger partial charge in [0.1, 0.15) is 11.9 Å². The van der Waals surface area contributed by atoms with E-state index in [0.29, 0.717) is 15.1 Å². The zero-order valence-electron chi connectivity index (χ0n) is 16.0. The maximum Gasteiger partial charge on any atom is 0.244 e. The summed E-state index contributed by atoms with van der Waals surface area (Å²) in [7, 11) is 0. The molecular formula is C22H13BrClFN4O2. The van der Waals surface area contributed by atoms with E-state index in [9.17, 15) is 20.2 Å². The third-order valence-electron chi connectivity index (χ3n) is 6.14. The smallest absolute Gasteiger partial charge is 0.244 e. The molecule has 4 atom stereocenters. The summed E-state index contributed by atoms with van der Waals surface area (Å²) in [6.07, 6.45) is -1.53. The van der Waals surface area contributed by atoms with Gasteiger partial charge in [-0.15, -0.1) is 0 Å². The summed E-state index contributed by atoms with van der Waals surface area (Å²) in [5.74, 6) is -3.99. The number of ether oxygens (including phenoxy) is 2. The molecule has 0 amide bonds. The molecule has 2 saturated heterocycles. The van der Waals surface area contributed by atoms with Crippen LogP contribution in [0.3, 0.4) is 0 Å². The molecule has 2 aliphatic heterocycles. The number of nitriles is 3. The summed E-state index contributed by atoms with van der Waals surface area (Å²) >= 11 is 9.43. The molecule has 0 aliphatic carbocycles. The average Bonchev–Trinajstić information content (AvgIpc) is 2.92. The Morgan fingerprint density at radius 2 is 1.84 bits per heavy atom. The zero-order chi connectivity index (χ0) is 22.6. The zero-order valence-corrected chi connectivity index (χ0v) is 18.3. The first kappa shape index (κ1) is 21.3. The normalized spacial score (nSPS) is 30.5. The summed E-state index contributed by atoms with van der Waals surface area (Å²) in [5, 5.41) is 39.5. The van der Waals surface area contributed by atoms with Crippen LogP contribution in [0.1, 0.15) is 24.2 Å². The Morgan fingerprint density at radius 1 is 1.13 bits per heavy atom. The van der Waals surface area contributed by atoms with Gasteiger partial charge in [-0.3, -0.25) is 5.41 Å². The van der Waals surface area contributed by atoms with Crippen LogP contribution in [0.25, 0.3) is 0 Å². The van der Waals surface area contributed by atoms with Crippen LogP contribution in [-0.2, 0) is 15.3 Å². The molecule has 0 aromatic heterocycles. The van der Waals surface area contributed by atoms with Crippen molar-refractivity contribution in [1.82, 2.24) is 0 Å². The lowest BCUT2D eigenvalue weighted by molar-refractivity contribution is -0.289. The molecule has 0 saturated carbocycles. The first-order chi connectivity index (χ1) is 14.7. The van der Waals surface area contributed by atoms with Gasteiger partial charge in [0.25, 0.3) is 0 Å². The highest BCUT2D eigenvalue weighted by molar-refractivity contribution is 9.10. The molecule has 154 valence electrons. The molecular weight excluding hydrogens is 487 g/mol. The Balaban J connectivity index is 2.09. The van der Waals surface area contributed by atoms with E-state index in [4.69, 9.17) is 26.5 Å². The van der Waals surface area contributed by atoms with Crippen LogP contribution in [0.5, 0.6) is 0 Å². The quantitative estimate of drug-likeness (QED) is 0.598. The predicted octanol–water partition coefficient (Wildman–Crippen LogP) is 5.35. The monoisotopic (exact) mass is 498 g/mol. The van der Waals surface area contributed by atoms with E-state index in [1.165, 1.54) is 18.2 Å². The molecule has 2 bridgehead atoms. The third-order valence-corrected chi connectivity index (χ3v) is 6.86. The minimum absolute atomic E-state index is 0.103. The largest absolute Gasteiger partial charge is 0.443 e. The van der Waals surface area contributed by atoms with Crippen LogP contribution in [-0.4, -0.2) is 5.90 Å². The lowest BCUT2D eigenvalue weighted by Gasteiger charge is -2.48. The molecule has 2 aliphatic rings. The van der Waals surface area contributed by atoms with Gasteiger partial charge in [0, 0.05) is 20.6 Å². The van der Waals surface area contributed by atoms with Crippen molar-refractivity contribution in [3.8, 4) is 18.2 Å². The number of halogens is 3. The van der Waals surface area contributed by atoms with E-state index in [2.05, 4.69) is 15.9 Å². The topological polar surface area (TPSA) is 114 Å². The van der Waals surface area contributed by atoms with E-state index in [1.807, 2.05) is 18.2 Å². The maximum absolute atomic E-state index is 14.9. The highest BCUT2D eigenvalue weighted by atomic mass is 79.9. The molecule has 2 aromatic rings. The van der Waals surface area contributed by atoms with Crippen molar-refractivity contribution in [2.24, 2.45) is 16.7 Å². The van der Waals surface area contributed by atoms with Gasteiger partial charge in [-0.2, -0.15) is 15.8 Å². The first-order valence-corrected chi connectivity index (χ1v) is 10.3. The second-order valence-corrected chi connectivity index (χ2v) is 8.80. The van der Waals surface area contributed by atoms with Crippen molar-refractivity contribution >= 4 is 33.4 Å². The fourth-order valence-electron chi connectivity index (χ4n) is 4.57. The Labute approximate surface area is 191 Å². The van der Waals surface area contributed by atoms with Gasteiger partial charge in [-0.1, -0.05) is 46.6 Å². The van der Waals surface area contributed by atoms with Crippen LogP contribution in [0.15, 0.2) is 46.9 Å². The van der Waals surface area contributed by atoms with Crippen LogP contribution in [0.4, 0.5) is 4.39 Å². The van der Waals surface area contributed by atoms with E-state index in [-0.39, 0.29) is 5.56 Å². The van der Waals surface area contributed by atoms with Gasteiger partial charge in [0.05, 0.1) is 24.1 Å². The molecule has 2 fully saturated rings. The summed E-state index contributed by atoms with van der Waals surface area (Å²) in [4.78, 5) is 0. The van der Waals surface area contributed by atoms with E-state index < -0.39 is 40.4 Å². The van der Waals surface area contributed by atoms with Gasteiger partial charge >= 0.3 is 0 Å². The van der Waals surface area contributed by atoms with Gasteiger partial charge < -0.3 is 9.47 Å². The fraction of sp³-hybridized carbons (Fsp3) is 0.273. The van der Waals surface area contributed by atoms with Crippen molar-refractivity contribution < 1.29 is 13.9 Å². The number of nitrogens with one attached hydrogen (secondary N) is 1. The molecule has 6 nitrogen and oxygen atoms in total. The number of nitrogens with zero attached hydrogens (tertiary/aromatic N) is 3. The lowest BCUT2D eigenvalue weighted by atomic mass is 9.53. The van der Waals surface area contributed by atoms with Gasteiger partial charge in [0.2, 0.25) is 17.1 Å². The number of fused-ring (bicyclic) bond motifs is 2. The third kappa shape index (κ3) is 2.52. The Bertz CT molecular complexity index is 1240. The molecule has 4 rings (SSSR count). The highest BCUT2D eigenvalue weighted by Crippen LogP contribution is 2.69. The average molecular weight is 500 g/mol. The fourth-order valence-corrected chi connectivity index (χ4v) is 5.14. The Morgan fingerprint density at radius 3 is 2.45 bits per heavy atom. The molecule has 4 unspecified atom stereocenters. The first-order valence-electron chi connectivity index (χ1n) is 9.13. The van der Waals surface area contributed by atoms with Crippen molar-refractivity contribution in [2.75, 3.05) is 0 Å². The van der Waals surface area contributed by atoms with Crippen LogP contribution in [0, 0.1) is 62.0 Å². The molecule has 2 aromatic carbocycles. The van der Waals surface area contributed by atoms with Gasteiger partial charge in [-0.25, -0.2) is 4.39 Å². The summed E-state index contributed by atoms with van der Waals surface area (Å²) in [6.45, 7) is 1.57. The van der Waals surface area contributed by atoms with Crippen LogP contribution >= 0.6 is 27.5 Å². The minimum atomic E-state index is -2.25. The second-order valence-electron chi connectivity index (χ2n) is 7.45. The van der Waals surface area contributed by atoms with E-state index in [1.54, 1.807) is 31.2 Å². The summed E-state index contributed by atoms with van der Waals surface area (Å²) in [5.41, 5.74) is -3.98. The minimum Gasteiger partial charge on any atom is -0.443 e. The Hall–Kier alpha value is -2.96. The number of rotatable bonds is 2. The molecule has 31 heavy (non-hydrogen) atoms. The van der Waals surface area contributed by atoms with Crippen molar-refractivity contribution in [3.63, 3.8) is 0 Å². The number of hydrogen-bond acceptors (Lipinski definition) is 6. The molecule has 0 radical (unpaired) electrons. The highest BCUT2D eigenvalue weighted by Gasteiger charge is 2.80. The molecule has 2 heterocycles. The SMILES string of the molecule is CC1C2(c3cccc(Cl)c3)OC(=N)C1(C#N)C(C#N)(C#N)C(c1cc(Br)ccc1F)O2.